The van der Waals surface area contributed by atoms with E-state index in [0.717, 1.165) is 0 Å². The van der Waals surface area contributed by atoms with Crippen LogP contribution in [0.2, 0.25) is 0 Å². The van der Waals surface area contributed by atoms with Gasteiger partial charge in [0.15, 0.2) is 5.57 Å². The van der Waals surface area contributed by atoms with Crippen LogP contribution in [0.1, 0.15) is 13.8 Å². The lowest BCUT2D eigenvalue weighted by molar-refractivity contribution is -0.222. The molecule has 0 unspecified atom stereocenters. The van der Waals surface area contributed by atoms with Gasteiger partial charge in [-0.15, -0.1) is 0 Å². The Labute approximate surface area is 121 Å². The molecule has 0 aliphatic carbocycles. The summed E-state index contributed by atoms with van der Waals surface area (Å²) in [6.45, 7) is 2.93. The number of carbonyl (C=O) groups excluding carboxylic acids is 2. The van der Waals surface area contributed by atoms with Gasteiger partial charge in [0, 0.05) is 25.7 Å². The average Bonchev–Trinajstić information content (AvgIpc) is 2.36. The van der Waals surface area contributed by atoms with E-state index in [0.29, 0.717) is 11.2 Å². The van der Waals surface area contributed by atoms with Crippen LogP contribution in [0.15, 0.2) is 36.0 Å². The first-order chi connectivity index (χ1) is 9.78. The van der Waals surface area contributed by atoms with Crippen molar-refractivity contribution in [3.63, 3.8) is 0 Å². The van der Waals surface area contributed by atoms with Crippen LogP contribution in [-0.4, -0.2) is 34.9 Å². The van der Waals surface area contributed by atoms with Crippen LogP contribution in [0.4, 0.5) is 5.69 Å². The summed E-state index contributed by atoms with van der Waals surface area (Å²) in [5.74, 6) is -2.82. The number of carbonyl (C=O) groups is 2. The van der Waals surface area contributed by atoms with Gasteiger partial charge in [0.25, 0.3) is 5.79 Å². The zero-order chi connectivity index (χ0) is 15.6. The summed E-state index contributed by atoms with van der Waals surface area (Å²) in [4.78, 5) is 23.4. The number of ether oxygens (including phenoxy) is 2. The number of esters is 2. The average molecular weight is 291 g/mol. The molecule has 1 aliphatic heterocycles. The first-order valence-corrected chi connectivity index (χ1v) is 6.18. The summed E-state index contributed by atoms with van der Waals surface area (Å²) < 4.78 is 9.88. The van der Waals surface area contributed by atoms with Gasteiger partial charge >= 0.3 is 19.1 Å². The van der Waals surface area contributed by atoms with Crippen LogP contribution in [0.25, 0.3) is 0 Å². The smallest absolute Gasteiger partial charge is 0.423 e. The molecule has 0 aromatic heterocycles. The molecule has 3 N–H and O–H groups in total. The molecule has 0 radical (unpaired) electrons. The summed E-state index contributed by atoms with van der Waals surface area (Å²) in [6.07, 6.45) is 1.18. The van der Waals surface area contributed by atoms with Gasteiger partial charge in [-0.2, -0.15) is 0 Å². The molecule has 1 aromatic carbocycles. The molecule has 0 atom stereocenters. The van der Waals surface area contributed by atoms with Crippen LogP contribution < -0.4 is 10.8 Å². The summed E-state index contributed by atoms with van der Waals surface area (Å²) in [6, 6.07) is 6.11. The molecule has 0 spiro atoms. The lowest BCUT2D eigenvalue weighted by Gasteiger charge is -2.29. The van der Waals surface area contributed by atoms with E-state index in [1.807, 2.05) is 0 Å². The first kappa shape index (κ1) is 15.1. The first-order valence-electron chi connectivity index (χ1n) is 6.18. The highest BCUT2D eigenvalue weighted by Crippen LogP contribution is 2.22. The van der Waals surface area contributed by atoms with E-state index in [2.05, 4.69) is 5.32 Å². The second-order valence-corrected chi connectivity index (χ2v) is 4.88. The third-order valence-corrected chi connectivity index (χ3v) is 2.71. The number of nitrogens with one attached hydrogen (secondary N) is 1. The summed E-state index contributed by atoms with van der Waals surface area (Å²) in [5.41, 5.74) is 0.629. The van der Waals surface area contributed by atoms with Crippen molar-refractivity contribution in [1.82, 2.24) is 0 Å². The van der Waals surface area contributed by atoms with E-state index in [1.165, 1.54) is 32.2 Å². The highest BCUT2D eigenvalue weighted by molar-refractivity contribution is 6.58. The molecule has 1 aliphatic rings. The Hall–Kier alpha value is -2.32. The Kier molecular flexibility index (Phi) is 4.01. The van der Waals surface area contributed by atoms with Crippen LogP contribution in [0, 0.1) is 0 Å². The summed E-state index contributed by atoms with van der Waals surface area (Å²) >= 11 is 0. The van der Waals surface area contributed by atoms with E-state index in [9.17, 15) is 9.59 Å². The Balaban J connectivity index is 2.10. The van der Waals surface area contributed by atoms with Gasteiger partial charge in [-0.25, -0.2) is 9.59 Å². The molecule has 8 heteroatoms. The molecule has 7 nitrogen and oxygen atoms in total. The van der Waals surface area contributed by atoms with Crippen LogP contribution in [0.3, 0.4) is 0 Å². The number of hydrogen-bond donors (Lipinski definition) is 3. The summed E-state index contributed by atoms with van der Waals surface area (Å²) in [7, 11) is -1.55. The maximum absolute atomic E-state index is 11.7. The van der Waals surface area contributed by atoms with Gasteiger partial charge in [0.2, 0.25) is 0 Å². The molecule has 21 heavy (non-hydrogen) atoms. The molecule has 1 fully saturated rings. The fourth-order valence-electron chi connectivity index (χ4n) is 1.69. The van der Waals surface area contributed by atoms with Crippen molar-refractivity contribution in [2.75, 3.05) is 5.32 Å². The topological polar surface area (TPSA) is 105 Å². The molecule has 0 saturated carbocycles. The highest BCUT2D eigenvalue weighted by Gasteiger charge is 2.38. The molecule has 1 aromatic rings. The molecule has 1 saturated heterocycles. The minimum absolute atomic E-state index is 0.249. The molecule has 2 rings (SSSR count). The van der Waals surface area contributed by atoms with Crippen molar-refractivity contribution < 1.29 is 29.1 Å². The third-order valence-electron chi connectivity index (χ3n) is 2.71. The summed E-state index contributed by atoms with van der Waals surface area (Å²) in [5, 5.41) is 20.7. The Morgan fingerprint density at radius 2 is 1.62 bits per heavy atom. The Bertz CT molecular complexity index is 571. The van der Waals surface area contributed by atoms with Crippen LogP contribution in [-0.2, 0) is 19.1 Å². The minimum atomic E-state index is -1.55. The standard InChI is InChI=1S/C13H14BNO6/c1-13(2)20-11(16)10(12(17)21-13)7-15-9-5-3-8(4-6-9)14(18)19/h3-7,15,18-19H,1-2H3. The maximum atomic E-state index is 11.7. The van der Waals surface area contributed by atoms with E-state index in [-0.39, 0.29) is 5.57 Å². The zero-order valence-electron chi connectivity index (χ0n) is 11.5. The monoisotopic (exact) mass is 291 g/mol. The Morgan fingerprint density at radius 1 is 1.10 bits per heavy atom. The van der Waals surface area contributed by atoms with Crippen molar-refractivity contribution in [1.29, 1.82) is 0 Å². The van der Waals surface area contributed by atoms with Gasteiger partial charge in [0.05, 0.1) is 0 Å². The molecule has 0 bridgehead atoms. The quantitative estimate of drug-likeness (QED) is 0.298. The van der Waals surface area contributed by atoms with Gasteiger partial charge in [-0.05, 0) is 17.6 Å². The normalized spacial score (nSPS) is 16.9. The number of hydrogen-bond acceptors (Lipinski definition) is 7. The van der Waals surface area contributed by atoms with Crippen molar-refractivity contribution in [3.05, 3.63) is 36.0 Å². The predicted molar refractivity (Wildman–Crippen MR) is 74.2 cm³/mol. The molecule has 0 amide bonds. The second-order valence-electron chi connectivity index (χ2n) is 4.88. The largest absolute Gasteiger partial charge is 0.488 e. The van der Waals surface area contributed by atoms with Crippen molar-refractivity contribution >= 4 is 30.2 Å². The van der Waals surface area contributed by atoms with E-state index in [4.69, 9.17) is 19.5 Å². The molecular formula is C13H14BNO6. The Morgan fingerprint density at radius 3 is 2.10 bits per heavy atom. The minimum Gasteiger partial charge on any atom is -0.423 e. The highest BCUT2D eigenvalue weighted by atomic mass is 16.7. The zero-order valence-corrected chi connectivity index (χ0v) is 11.5. The van der Waals surface area contributed by atoms with E-state index < -0.39 is 24.8 Å². The number of benzene rings is 1. The van der Waals surface area contributed by atoms with Gasteiger partial charge in [0.1, 0.15) is 0 Å². The van der Waals surface area contributed by atoms with Gasteiger partial charge in [-0.3, -0.25) is 0 Å². The lowest BCUT2D eigenvalue weighted by Crippen LogP contribution is -2.42. The second kappa shape index (κ2) is 5.59. The van der Waals surface area contributed by atoms with Gasteiger partial charge < -0.3 is 24.8 Å². The number of anilines is 1. The van der Waals surface area contributed by atoms with Gasteiger partial charge in [-0.1, -0.05) is 12.1 Å². The van der Waals surface area contributed by atoms with E-state index in [1.54, 1.807) is 12.1 Å². The third kappa shape index (κ3) is 3.62. The van der Waals surface area contributed by atoms with Crippen molar-refractivity contribution in [2.24, 2.45) is 0 Å². The SMILES string of the molecule is CC1(C)OC(=O)C(=CNc2ccc(B(O)O)cc2)C(=O)O1. The van der Waals surface area contributed by atoms with Crippen LogP contribution in [0.5, 0.6) is 0 Å². The number of rotatable bonds is 3. The van der Waals surface area contributed by atoms with Crippen LogP contribution >= 0.6 is 0 Å². The van der Waals surface area contributed by atoms with Crippen molar-refractivity contribution in [2.45, 2.75) is 19.6 Å². The maximum Gasteiger partial charge on any atom is 0.488 e. The fraction of sp³-hybridized carbons (Fsp3) is 0.231. The molecular weight excluding hydrogens is 277 g/mol. The fourth-order valence-corrected chi connectivity index (χ4v) is 1.69. The van der Waals surface area contributed by atoms with Crippen molar-refractivity contribution in [3.8, 4) is 0 Å². The molecule has 110 valence electrons. The molecule has 1 heterocycles. The number of cyclic esters (lactones) is 2. The lowest BCUT2D eigenvalue weighted by atomic mass is 9.80. The van der Waals surface area contributed by atoms with E-state index >= 15 is 0 Å². The predicted octanol–water partition coefficient (Wildman–Crippen LogP) is -0.502.